The monoisotopic (exact) mass is 1190 g/mol. The average molecular weight is 1200 g/mol. The van der Waals surface area contributed by atoms with Crippen LogP contribution in [-0.2, 0) is 0 Å². The lowest BCUT2D eigenvalue weighted by atomic mass is 9.93. The summed E-state index contributed by atoms with van der Waals surface area (Å²) in [4.78, 5) is 4.21. The Labute approximate surface area is 537 Å². The fraction of sp³-hybridized carbons (Fsp3) is 0. The van der Waals surface area contributed by atoms with Crippen LogP contribution in [0.5, 0.6) is 0 Å². The van der Waals surface area contributed by atoms with E-state index in [2.05, 4.69) is 323 Å². The van der Waals surface area contributed by atoms with Crippen LogP contribution in [0.4, 0.5) is 5.69 Å². The van der Waals surface area contributed by atoms with Crippen molar-refractivity contribution in [3.05, 3.63) is 320 Å². The second-order valence-electron chi connectivity index (χ2n) is 24.5. The van der Waals surface area contributed by atoms with Crippen LogP contribution in [0.3, 0.4) is 0 Å². The Bertz CT molecular complexity index is 6220. The standard InChI is InChI=1S/C86H50N8/c1-88-55-49-53(52-87)48-54(50-55)81-82(90-71-37-15-4-26-59(71)60-27-5-16-38-72(60)90)84(92-75-41-19-8-30-63(75)64-31-9-20-42-76(64)92)86(94-79-45-23-12-34-67(79)68-51-56(46-47-80(68)94)89-69-35-13-2-24-57(69)58-25-3-14-36-70(58)89)85(93-77-43-21-10-32-65(77)66-33-11-22-44-78(66)93)83(81)91-73-39-17-6-28-61(73)62-29-7-18-40-74(62)91/h2-51H. The molecule has 0 fully saturated rings. The summed E-state index contributed by atoms with van der Waals surface area (Å²) in [5.74, 6) is 0. The first-order valence-electron chi connectivity index (χ1n) is 31.8. The van der Waals surface area contributed by atoms with Crippen LogP contribution in [0.25, 0.3) is 181 Å². The maximum absolute atomic E-state index is 11.4. The highest BCUT2D eigenvalue weighted by Crippen LogP contribution is 2.55. The second kappa shape index (κ2) is 19.7. The molecule has 0 unspecified atom stereocenters. The molecule has 8 nitrogen and oxygen atoms in total. The van der Waals surface area contributed by atoms with Gasteiger partial charge in [-0.3, -0.25) is 0 Å². The smallest absolute Gasteiger partial charge is 0.189 e. The van der Waals surface area contributed by atoms with Crippen molar-refractivity contribution in [2.75, 3.05) is 0 Å². The summed E-state index contributed by atoms with van der Waals surface area (Å²) < 4.78 is 15.1. The molecule has 434 valence electrons. The molecule has 0 saturated carbocycles. The molecule has 14 aromatic carbocycles. The van der Waals surface area contributed by atoms with Gasteiger partial charge < -0.3 is 27.4 Å². The van der Waals surface area contributed by atoms with Crippen LogP contribution in [0, 0.1) is 17.9 Å². The van der Waals surface area contributed by atoms with E-state index in [1.165, 1.54) is 10.8 Å². The summed E-state index contributed by atoms with van der Waals surface area (Å²) in [6.45, 7) is 8.88. The molecule has 0 amide bonds. The fourth-order valence-electron chi connectivity index (χ4n) is 16.1. The highest BCUT2D eigenvalue weighted by atomic mass is 15.2. The maximum Gasteiger partial charge on any atom is 0.189 e. The van der Waals surface area contributed by atoms with Gasteiger partial charge in [0.05, 0.1) is 107 Å². The summed E-state index contributed by atoms with van der Waals surface area (Å²) in [6, 6.07) is 112. The van der Waals surface area contributed by atoms with Gasteiger partial charge in [-0.2, -0.15) is 5.26 Å². The third kappa shape index (κ3) is 7.03. The molecule has 0 saturated heterocycles. The topological polar surface area (TPSA) is 57.7 Å². The first-order chi connectivity index (χ1) is 46.6. The van der Waals surface area contributed by atoms with E-state index in [0.717, 1.165) is 160 Å². The third-order valence-electron chi connectivity index (χ3n) is 19.8. The Balaban J connectivity index is 1.14. The predicted octanol–water partition coefficient (Wildman–Crippen LogP) is 22.4. The number of nitrogens with zero attached hydrogens (tertiary/aromatic N) is 8. The van der Waals surface area contributed by atoms with Gasteiger partial charge in [0, 0.05) is 81.4 Å². The summed E-state index contributed by atoms with van der Waals surface area (Å²) in [5, 5.41) is 24.7. The summed E-state index contributed by atoms with van der Waals surface area (Å²) in [5.41, 5.74) is 20.1. The normalized spacial score (nSPS) is 12.0. The Morgan fingerprint density at radius 2 is 0.489 bits per heavy atom. The van der Waals surface area contributed by atoms with Gasteiger partial charge in [0.2, 0.25) is 0 Å². The number of para-hydroxylation sites is 11. The molecule has 0 spiro atoms. The van der Waals surface area contributed by atoms with E-state index in [9.17, 15) is 5.26 Å². The number of benzene rings is 14. The van der Waals surface area contributed by atoms with Gasteiger partial charge in [-0.1, -0.05) is 200 Å². The number of nitriles is 1. The van der Waals surface area contributed by atoms with Gasteiger partial charge in [0.15, 0.2) is 5.69 Å². The molecule has 8 heteroatoms. The van der Waals surface area contributed by atoms with Crippen LogP contribution in [0.1, 0.15) is 5.56 Å². The van der Waals surface area contributed by atoms with Crippen molar-refractivity contribution in [3.63, 3.8) is 0 Å². The Kier molecular flexibility index (Phi) is 10.8. The minimum atomic E-state index is 0.359. The van der Waals surface area contributed by atoms with Crippen molar-refractivity contribution in [1.29, 1.82) is 5.26 Å². The highest BCUT2D eigenvalue weighted by molar-refractivity contribution is 6.20. The van der Waals surface area contributed by atoms with Crippen LogP contribution in [-0.4, -0.2) is 27.4 Å². The van der Waals surface area contributed by atoms with E-state index in [-0.39, 0.29) is 0 Å². The van der Waals surface area contributed by atoms with Gasteiger partial charge >= 0.3 is 0 Å². The molecule has 20 rings (SSSR count). The molecule has 0 aliphatic rings. The van der Waals surface area contributed by atoms with Crippen molar-refractivity contribution < 1.29 is 0 Å². The zero-order valence-electron chi connectivity index (χ0n) is 50.4. The lowest BCUT2D eigenvalue weighted by molar-refractivity contribution is 1.00. The van der Waals surface area contributed by atoms with Crippen molar-refractivity contribution in [1.82, 2.24) is 27.4 Å². The summed E-state index contributed by atoms with van der Waals surface area (Å²) in [7, 11) is 0. The van der Waals surface area contributed by atoms with E-state index >= 15 is 0 Å². The first kappa shape index (κ1) is 51.7. The largest absolute Gasteiger partial charge is 0.309 e. The average Bonchev–Trinajstić information content (AvgIpc) is 1.40. The molecular weight excluding hydrogens is 1150 g/mol. The number of rotatable bonds is 7. The maximum atomic E-state index is 11.4. The SMILES string of the molecule is [C-]#[N+]c1cc(C#N)cc(-c2c(-n3c4ccccc4c4ccccc43)c(-n3c4ccccc4c4ccccc43)c(-n3c4ccccc4c4cc(-n5c6ccccc6c6ccccc65)ccc43)c(-n3c4ccccc4c4ccccc43)c2-n2c3ccccc3c3ccccc32)c1. The van der Waals surface area contributed by atoms with Crippen molar-refractivity contribution >= 4 is 137 Å². The van der Waals surface area contributed by atoms with E-state index in [4.69, 9.17) is 6.57 Å². The van der Waals surface area contributed by atoms with Crippen molar-refractivity contribution in [2.45, 2.75) is 0 Å². The highest BCUT2D eigenvalue weighted by Gasteiger charge is 2.37. The Morgan fingerprint density at radius 3 is 0.777 bits per heavy atom. The van der Waals surface area contributed by atoms with E-state index in [1.54, 1.807) is 6.07 Å². The molecule has 0 atom stereocenters. The minimum absolute atomic E-state index is 0.359. The zero-order valence-corrected chi connectivity index (χ0v) is 50.4. The number of hydrogen-bond acceptors (Lipinski definition) is 1. The fourth-order valence-corrected chi connectivity index (χ4v) is 16.1. The van der Waals surface area contributed by atoms with Crippen molar-refractivity contribution in [2.24, 2.45) is 0 Å². The quantitative estimate of drug-likeness (QED) is 0.147. The van der Waals surface area contributed by atoms with Gasteiger partial charge in [-0.15, -0.1) is 0 Å². The van der Waals surface area contributed by atoms with Crippen molar-refractivity contribution in [3.8, 4) is 51.3 Å². The molecule has 6 aromatic heterocycles. The lowest BCUT2D eigenvalue weighted by Crippen LogP contribution is -2.18. The molecule has 94 heavy (non-hydrogen) atoms. The minimum Gasteiger partial charge on any atom is -0.309 e. The van der Waals surface area contributed by atoms with Gasteiger partial charge in [0.25, 0.3) is 0 Å². The van der Waals surface area contributed by atoms with Crippen LogP contribution >= 0.6 is 0 Å². The molecule has 0 aliphatic carbocycles. The molecule has 0 radical (unpaired) electrons. The zero-order chi connectivity index (χ0) is 61.9. The predicted molar refractivity (Wildman–Crippen MR) is 389 cm³/mol. The first-order valence-corrected chi connectivity index (χ1v) is 31.8. The van der Waals surface area contributed by atoms with E-state index in [0.29, 0.717) is 16.8 Å². The summed E-state index contributed by atoms with van der Waals surface area (Å²) >= 11 is 0. The van der Waals surface area contributed by atoms with Crippen LogP contribution in [0.2, 0.25) is 0 Å². The van der Waals surface area contributed by atoms with Gasteiger partial charge in [-0.25, -0.2) is 4.85 Å². The Morgan fingerprint density at radius 1 is 0.245 bits per heavy atom. The summed E-state index contributed by atoms with van der Waals surface area (Å²) in [6.07, 6.45) is 0. The third-order valence-corrected chi connectivity index (χ3v) is 19.8. The molecule has 6 heterocycles. The van der Waals surface area contributed by atoms with Gasteiger partial charge in [-0.05, 0) is 109 Å². The second-order valence-corrected chi connectivity index (χ2v) is 24.5. The molecule has 0 bridgehead atoms. The van der Waals surface area contributed by atoms with Crippen LogP contribution < -0.4 is 0 Å². The van der Waals surface area contributed by atoms with E-state index < -0.39 is 0 Å². The Hall–Kier alpha value is -13.1. The molecule has 0 N–H and O–H groups in total. The van der Waals surface area contributed by atoms with Crippen LogP contribution in [0.15, 0.2) is 303 Å². The molecular formula is C86H50N8. The van der Waals surface area contributed by atoms with E-state index in [1.807, 2.05) is 12.1 Å². The molecule has 0 aliphatic heterocycles. The number of aromatic nitrogens is 6. The molecule has 20 aromatic rings. The number of fused-ring (bicyclic) bond motifs is 18. The lowest BCUT2D eigenvalue weighted by Gasteiger charge is -2.32. The number of hydrogen-bond donors (Lipinski definition) is 0. The van der Waals surface area contributed by atoms with Gasteiger partial charge in [0.1, 0.15) is 0 Å².